The molecule has 7 rings (SSSR count). The molecular formula is C31H37NO3. The van der Waals surface area contributed by atoms with Crippen molar-refractivity contribution < 1.29 is 14.9 Å². The fraction of sp³-hybridized carbons (Fsp3) is 0.548. The standard InChI is InChI=1S/C31H37NO3/c1-29-12-11-23-16-25-28(34)27(33)22(18-32-2)17-30(25)13-14-31(23,35-30)26(29)10-9-24(29)21-8-7-19-5-3-4-6-20(19)15-21/h3-8,11,15-16,22,24,26-28,32-34H,9-10,12-14,17-18H2,1-2H3/t22-,24-,26-,27-,28-,29-,30-,31-/m1/s1. The molecule has 4 heteroatoms. The van der Waals surface area contributed by atoms with E-state index in [1.807, 2.05) is 7.05 Å². The maximum atomic E-state index is 11.1. The van der Waals surface area contributed by atoms with Crippen LogP contribution in [-0.4, -0.2) is 47.2 Å². The predicted molar refractivity (Wildman–Crippen MR) is 138 cm³/mol. The van der Waals surface area contributed by atoms with Crippen LogP contribution in [0.15, 0.2) is 65.8 Å². The molecular weight excluding hydrogens is 434 g/mol. The van der Waals surface area contributed by atoms with Crippen molar-refractivity contribution in [2.24, 2.45) is 17.3 Å². The third-order valence-electron chi connectivity index (χ3n) is 10.6. The van der Waals surface area contributed by atoms with E-state index in [2.05, 4.69) is 66.9 Å². The van der Waals surface area contributed by atoms with Crippen LogP contribution in [0.3, 0.4) is 0 Å². The maximum Gasteiger partial charge on any atom is 0.104 e. The van der Waals surface area contributed by atoms with Crippen molar-refractivity contribution in [3.8, 4) is 0 Å². The molecule has 2 spiro atoms. The van der Waals surface area contributed by atoms with E-state index in [0.29, 0.717) is 18.4 Å². The lowest BCUT2D eigenvalue weighted by atomic mass is 9.58. The fourth-order valence-corrected chi connectivity index (χ4v) is 8.99. The van der Waals surface area contributed by atoms with Gasteiger partial charge >= 0.3 is 0 Å². The lowest BCUT2D eigenvalue weighted by molar-refractivity contribution is -0.163. The number of hydrogen-bond acceptors (Lipinski definition) is 4. The van der Waals surface area contributed by atoms with Gasteiger partial charge in [0.05, 0.1) is 17.3 Å². The van der Waals surface area contributed by atoms with Crippen LogP contribution in [0.1, 0.15) is 56.9 Å². The van der Waals surface area contributed by atoms with Crippen LogP contribution in [0.4, 0.5) is 0 Å². The van der Waals surface area contributed by atoms with Crippen LogP contribution >= 0.6 is 0 Å². The van der Waals surface area contributed by atoms with Gasteiger partial charge in [0.25, 0.3) is 0 Å². The Morgan fingerprint density at radius 1 is 1.06 bits per heavy atom. The highest BCUT2D eigenvalue weighted by atomic mass is 16.5. The van der Waals surface area contributed by atoms with Crippen LogP contribution in [0, 0.1) is 17.3 Å². The molecule has 3 aliphatic carbocycles. The number of aliphatic hydroxyl groups is 2. The van der Waals surface area contributed by atoms with E-state index < -0.39 is 17.8 Å². The summed E-state index contributed by atoms with van der Waals surface area (Å²) in [4.78, 5) is 0. The Hall–Kier alpha value is -1.98. The van der Waals surface area contributed by atoms with Crippen molar-refractivity contribution in [1.82, 2.24) is 5.32 Å². The molecule has 2 aliphatic heterocycles. The Morgan fingerprint density at radius 2 is 1.89 bits per heavy atom. The van der Waals surface area contributed by atoms with Gasteiger partial charge in [-0.15, -0.1) is 0 Å². The number of nitrogens with one attached hydrogen (secondary N) is 1. The summed E-state index contributed by atoms with van der Waals surface area (Å²) in [7, 11) is 1.92. The highest BCUT2D eigenvalue weighted by molar-refractivity contribution is 5.83. The zero-order valence-corrected chi connectivity index (χ0v) is 20.8. The number of benzene rings is 2. The molecule has 0 radical (unpaired) electrons. The zero-order valence-electron chi connectivity index (χ0n) is 20.8. The number of aliphatic hydroxyl groups excluding tert-OH is 2. The smallest absolute Gasteiger partial charge is 0.104 e. The molecule has 2 aromatic carbocycles. The quantitative estimate of drug-likeness (QED) is 0.598. The van der Waals surface area contributed by atoms with Gasteiger partial charge < -0.3 is 20.3 Å². The summed E-state index contributed by atoms with van der Waals surface area (Å²) in [5.74, 6) is 0.984. The van der Waals surface area contributed by atoms with E-state index in [4.69, 9.17) is 4.74 Å². The average molecular weight is 472 g/mol. The molecule has 3 fully saturated rings. The molecule has 5 aliphatic rings. The topological polar surface area (TPSA) is 61.7 Å². The molecule has 184 valence electrons. The van der Waals surface area contributed by atoms with Gasteiger partial charge in [-0.2, -0.15) is 0 Å². The Kier molecular flexibility index (Phi) is 4.78. The lowest BCUT2D eigenvalue weighted by Crippen LogP contribution is -2.59. The molecule has 2 heterocycles. The number of hydrogen-bond donors (Lipinski definition) is 3. The summed E-state index contributed by atoms with van der Waals surface area (Å²) in [6.07, 6.45) is 9.20. The second-order valence-corrected chi connectivity index (χ2v) is 12.2. The summed E-state index contributed by atoms with van der Waals surface area (Å²) in [5, 5.41) is 27.8. The van der Waals surface area contributed by atoms with Gasteiger partial charge in [0.2, 0.25) is 0 Å². The van der Waals surface area contributed by atoms with Gasteiger partial charge in [-0.1, -0.05) is 61.5 Å². The van der Waals surface area contributed by atoms with Crippen molar-refractivity contribution >= 4 is 10.8 Å². The molecule has 4 nitrogen and oxygen atoms in total. The minimum absolute atomic E-state index is 0.00303. The lowest BCUT2D eigenvalue weighted by Gasteiger charge is -2.55. The van der Waals surface area contributed by atoms with E-state index >= 15 is 0 Å². The normalized spacial score (nSPS) is 43.8. The van der Waals surface area contributed by atoms with Gasteiger partial charge in [0, 0.05) is 12.5 Å². The predicted octanol–water partition coefficient (Wildman–Crippen LogP) is 4.86. The Labute approximate surface area is 208 Å². The second kappa shape index (κ2) is 7.52. The summed E-state index contributed by atoms with van der Waals surface area (Å²) >= 11 is 0. The maximum absolute atomic E-state index is 11.1. The first-order valence-corrected chi connectivity index (χ1v) is 13.5. The number of ether oxygens (including phenoxy) is 1. The Bertz CT molecular complexity index is 1250. The van der Waals surface area contributed by atoms with Crippen molar-refractivity contribution in [2.75, 3.05) is 13.6 Å². The first-order valence-electron chi connectivity index (χ1n) is 13.5. The van der Waals surface area contributed by atoms with Crippen molar-refractivity contribution in [3.05, 3.63) is 71.3 Å². The largest absolute Gasteiger partial charge is 0.390 e. The summed E-state index contributed by atoms with van der Waals surface area (Å²) in [6.45, 7) is 3.20. The molecule has 3 N–H and O–H groups in total. The van der Waals surface area contributed by atoms with Crippen molar-refractivity contribution in [2.45, 2.75) is 74.8 Å². The number of fused-ring (bicyclic) bond motifs is 2. The second-order valence-electron chi connectivity index (χ2n) is 12.2. The molecule has 2 saturated carbocycles. The minimum atomic E-state index is -0.846. The van der Waals surface area contributed by atoms with Gasteiger partial charge in [0.15, 0.2) is 0 Å². The minimum Gasteiger partial charge on any atom is -0.390 e. The zero-order chi connectivity index (χ0) is 24.0. The monoisotopic (exact) mass is 471 g/mol. The van der Waals surface area contributed by atoms with Crippen LogP contribution in [-0.2, 0) is 4.74 Å². The molecule has 0 aromatic heterocycles. The highest BCUT2D eigenvalue weighted by Gasteiger charge is 2.68. The molecule has 8 atom stereocenters. The van der Waals surface area contributed by atoms with Crippen molar-refractivity contribution in [3.63, 3.8) is 0 Å². The molecule has 2 bridgehead atoms. The van der Waals surface area contributed by atoms with E-state index in [1.54, 1.807) is 0 Å². The Morgan fingerprint density at radius 3 is 2.71 bits per heavy atom. The first-order chi connectivity index (χ1) is 16.9. The molecule has 2 aromatic rings. The van der Waals surface area contributed by atoms with Gasteiger partial charge in [0.1, 0.15) is 6.10 Å². The Balaban J connectivity index is 1.28. The average Bonchev–Trinajstić information content (AvgIpc) is 3.38. The molecule has 35 heavy (non-hydrogen) atoms. The highest BCUT2D eigenvalue weighted by Crippen LogP contribution is 2.69. The van der Waals surface area contributed by atoms with Gasteiger partial charge in [-0.3, -0.25) is 0 Å². The number of allylic oxidation sites excluding steroid dienone is 1. The SMILES string of the molecule is CNC[C@H]1C[C@@]23CC[C@@]4(O2)C(=CC[C@]2(C)[C@@H](c5ccc6ccccc6c5)CC[C@H]24)C=C3[C@@H](O)[C@@H]1O. The number of rotatable bonds is 3. The van der Waals surface area contributed by atoms with Gasteiger partial charge in [-0.25, -0.2) is 0 Å². The summed E-state index contributed by atoms with van der Waals surface area (Å²) < 4.78 is 7.27. The van der Waals surface area contributed by atoms with Gasteiger partial charge in [-0.05, 0) is 90.3 Å². The van der Waals surface area contributed by atoms with Crippen LogP contribution in [0.25, 0.3) is 10.8 Å². The molecule has 1 saturated heterocycles. The van der Waals surface area contributed by atoms with E-state index in [9.17, 15) is 10.2 Å². The molecule has 0 unspecified atom stereocenters. The van der Waals surface area contributed by atoms with E-state index in [-0.39, 0.29) is 16.9 Å². The first kappa shape index (κ1) is 22.2. The fourth-order valence-electron chi connectivity index (χ4n) is 8.99. The van der Waals surface area contributed by atoms with Crippen LogP contribution in [0.2, 0.25) is 0 Å². The summed E-state index contributed by atoms with van der Waals surface area (Å²) in [5.41, 5.74) is 3.11. The van der Waals surface area contributed by atoms with E-state index in [1.165, 1.54) is 34.8 Å². The summed E-state index contributed by atoms with van der Waals surface area (Å²) in [6, 6.07) is 15.7. The molecule has 0 amide bonds. The van der Waals surface area contributed by atoms with E-state index in [0.717, 1.165) is 31.3 Å². The van der Waals surface area contributed by atoms with Crippen LogP contribution in [0.5, 0.6) is 0 Å². The third kappa shape index (κ3) is 2.88. The third-order valence-corrected chi connectivity index (χ3v) is 10.6. The van der Waals surface area contributed by atoms with Crippen molar-refractivity contribution in [1.29, 1.82) is 0 Å². The van der Waals surface area contributed by atoms with Crippen LogP contribution < -0.4 is 5.32 Å².